The zero-order valence-corrected chi connectivity index (χ0v) is 13.4. The van der Waals surface area contributed by atoms with Crippen molar-refractivity contribution in [3.8, 4) is 0 Å². The van der Waals surface area contributed by atoms with Crippen LogP contribution in [0.25, 0.3) is 11.1 Å². The fourth-order valence-electron chi connectivity index (χ4n) is 1.63. The summed E-state index contributed by atoms with van der Waals surface area (Å²) < 4.78 is 1.24. The second-order valence-corrected chi connectivity index (χ2v) is 5.30. The minimum absolute atomic E-state index is 1.15. The lowest BCUT2D eigenvalue weighted by molar-refractivity contribution is 1.49. The summed E-state index contributed by atoms with van der Waals surface area (Å²) in [5.74, 6) is 0. The lowest BCUT2D eigenvalue weighted by Gasteiger charge is -2.08. The molecule has 18 heavy (non-hydrogen) atoms. The molecule has 0 N–H and O–H groups in total. The van der Waals surface area contributed by atoms with Crippen molar-refractivity contribution in [1.82, 2.24) is 0 Å². The largest absolute Gasteiger partial charge is 0.0984 e. The smallest absolute Gasteiger partial charge is 0.0142 e. The molecule has 0 saturated heterocycles. The van der Waals surface area contributed by atoms with E-state index in [0.29, 0.717) is 0 Å². The van der Waals surface area contributed by atoms with Gasteiger partial charge in [0, 0.05) is 3.57 Å². The minimum Gasteiger partial charge on any atom is -0.0984 e. The van der Waals surface area contributed by atoms with E-state index in [1.807, 2.05) is 25.2 Å². The maximum atomic E-state index is 3.90. The first-order valence-electron chi connectivity index (χ1n) is 6.02. The lowest BCUT2D eigenvalue weighted by Crippen LogP contribution is -1.88. The molecule has 0 aliphatic rings. The molecule has 1 heteroatoms. The highest BCUT2D eigenvalue weighted by atomic mass is 127. The van der Waals surface area contributed by atoms with Gasteiger partial charge in [-0.25, -0.2) is 0 Å². The molecule has 0 aliphatic heterocycles. The molecule has 0 nitrogen and oxygen atoms in total. The Bertz CT molecular complexity index is 516. The van der Waals surface area contributed by atoms with Gasteiger partial charge in [0.05, 0.1) is 0 Å². The summed E-state index contributed by atoms with van der Waals surface area (Å²) in [6.07, 6.45) is 10.2. The van der Waals surface area contributed by atoms with Crippen LogP contribution in [0.3, 0.4) is 0 Å². The van der Waals surface area contributed by atoms with Crippen LogP contribution in [-0.4, -0.2) is 0 Å². The van der Waals surface area contributed by atoms with Gasteiger partial charge in [-0.15, -0.1) is 0 Å². The van der Waals surface area contributed by atoms with Gasteiger partial charge in [-0.05, 0) is 83.8 Å². The van der Waals surface area contributed by atoms with E-state index in [9.17, 15) is 0 Å². The third-order valence-corrected chi connectivity index (χ3v) is 3.43. The van der Waals surface area contributed by atoms with Gasteiger partial charge in [-0.3, -0.25) is 0 Å². The van der Waals surface area contributed by atoms with Gasteiger partial charge in [0.2, 0.25) is 0 Å². The Morgan fingerprint density at radius 1 is 1.17 bits per heavy atom. The summed E-state index contributed by atoms with van der Waals surface area (Å²) in [6, 6.07) is 6.61. The van der Waals surface area contributed by atoms with Gasteiger partial charge >= 0.3 is 0 Å². The van der Waals surface area contributed by atoms with Crippen molar-refractivity contribution in [3.05, 3.63) is 69.9 Å². The van der Waals surface area contributed by atoms with Crippen molar-refractivity contribution < 1.29 is 0 Å². The predicted molar refractivity (Wildman–Crippen MR) is 91.5 cm³/mol. The van der Waals surface area contributed by atoms with Gasteiger partial charge in [-0.1, -0.05) is 37.0 Å². The summed E-state index contributed by atoms with van der Waals surface area (Å²) in [7, 11) is 0. The Labute approximate surface area is 124 Å². The molecule has 0 radical (unpaired) electrons. The van der Waals surface area contributed by atoms with Crippen molar-refractivity contribution in [2.75, 3.05) is 0 Å². The third-order valence-electron chi connectivity index (χ3n) is 2.81. The van der Waals surface area contributed by atoms with Crippen LogP contribution in [0.2, 0.25) is 0 Å². The lowest BCUT2D eigenvalue weighted by atomic mass is 9.99. The maximum absolute atomic E-state index is 3.90. The number of benzene rings is 1. The summed E-state index contributed by atoms with van der Waals surface area (Å²) in [4.78, 5) is 0. The molecule has 94 valence electrons. The summed E-state index contributed by atoms with van der Waals surface area (Å²) in [5, 5.41) is 0. The first-order valence-corrected chi connectivity index (χ1v) is 7.10. The second-order valence-electron chi connectivity index (χ2n) is 4.05. The van der Waals surface area contributed by atoms with E-state index in [-0.39, 0.29) is 0 Å². The van der Waals surface area contributed by atoms with E-state index in [1.165, 1.54) is 20.3 Å². The van der Waals surface area contributed by atoms with Crippen LogP contribution < -0.4 is 0 Å². The summed E-state index contributed by atoms with van der Waals surface area (Å²) in [5.41, 5.74) is 4.93. The average molecular weight is 350 g/mol. The average Bonchev–Trinajstić information content (AvgIpc) is 2.38. The van der Waals surface area contributed by atoms with Crippen molar-refractivity contribution in [2.45, 2.75) is 20.8 Å². The maximum Gasteiger partial charge on any atom is 0.0142 e. The van der Waals surface area contributed by atoms with E-state index in [0.717, 1.165) is 5.57 Å². The molecular weight excluding hydrogens is 331 g/mol. The molecule has 1 rings (SSSR count). The minimum atomic E-state index is 1.15. The highest BCUT2D eigenvalue weighted by Gasteiger charge is 2.03. The molecule has 1 aromatic rings. The van der Waals surface area contributed by atoms with Crippen LogP contribution in [0.15, 0.2) is 55.2 Å². The van der Waals surface area contributed by atoms with Gasteiger partial charge in [0.25, 0.3) is 0 Å². The van der Waals surface area contributed by atoms with Gasteiger partial charge in [0.1, 0.15) is 0 Å². The van der Waals surface area contributed by atoms with Crippen LogP contribution in [0, 0.1) is 3.57 Å². The van der Waals surface area contributed by atoms with Gasteiger partial charge in [0.15, 0.2) is 0 Å². The molecule has 0 saturated carbocycles. The van der Waals surface area contributed by atoms with Crippen molar-refractivity contribution in [1.29, 1.82) is 0 Å². The van der Waals surface area contributed by atoms with Crippen LogP contribution in [0.1, 0.15) is 31.9 Å². The van der Waals surface area contributed by atoms with Crippen molar-refractivity contribution in [3.63, 3.8) is 0 Å². The number of halogens is 1. The fraction of sp³-hybridized carbons (Fsp3) is 0.176. The predicted octanol–water partition coefficient (Wildman–Crippen LogP) is 5.86. The number of rotatable bonds is 4. The Morgan fingerprint density at radius 2 is 1.83 bits per heavy atom. The second kappa shape index (κ2) is 7.37. The van der Waals surface area contributed by atoms with Crippen LogP contribution in [0.4, 0.5) is 0 Å². The monoisotopic (exact) mass is 350 g/mol. The molecular formula is C17H19I. The van der Waals surface area contributed by atoms with E-state index in [4.69, 9.17) is 0 Å². The fourth-order valence-corrected chi connectivity index (χ4v) is 2.30. The van der Waals surface area contributed by atoms with Crippen molar-refractivity contribution in [2.24, 2.45) is 0 Å². The summed E-state index contributed by atoms with van der Waals surface area (Å²) >= 11 is 2.36. The third kappa shape index (κ3) is 3.98. The Hall–Kier alpha value is -1.09. The van der Waals surface area contributed by atoms with E-state index in [1.54, 1.807) is 0 Å². The first-order chi connectivity index (χ1) is 8.62. The van der Waals surface area contributed by atoms with E-state index in [2.05, 4.69) is 73.4 Å². The highest BCUT2D eigenvalue weighted by molar-refractivity contribution is 14.1. The quantitative estimate of drug-likeness (QED) is 0.471. The Balaban J connectivity index is 3.32. The first kappa shape index (κ1) is 15.0. The molecule has 0 atom stereocenters. The molecule has 0 amide bonds. The molecule has 0 unspecified atom stereocenters. The highest BCUT2D eigenvalue weighted by Crippen LogP contribution is 2.24. The molecule has 0 fully saturated rings. The SMILES string of the molecule is C=C/C(=C\C=C/C)c1cc(I)cc(/C(C)=C/C)c1. The molecule has 1 aromatic carbocycles. The van der Waals surface area contributed by atoms with Gasteiger partial charge < -0.3 is 0 Å². The number of hydrogen-bond acceptors (Lipinski definition) is 0. The zero-order chi connectivity index (χ0) is 13.5. The van der Waals surface area contributed by atoms with Crippen LogP contribution in [-0.2, 0) is 0 Å². The van der Waals surface area contributed by atoms with Crippen molar-refractivity contribution >= 4 is 33.7 Å². The normalized spacial score (nSPS) is 13.1. The molecule has 0 bridgehead atoms. The zero-order valence-electron chi connectivity index (χ0n) is 11.2. The standard InChI is InChI=1S/C17H19I/c1-5-8-9-14(7-3)16-10-15(13(4)6-2)11-17(18)12-16/h5-12H,3H2,1-2,4H3/b8-5-,13-6+,14-9+. The molecule has 0 spiro atoms. The molecule has 0 aromatic heterocycles. The van der Waals surface area contributed by atoms with Gasteiger partial charge in [-0.2, -0.15) is 0 Å². The molecule has 0 heterocycles. The van der Waals surface area contributed by atoms with E-state index < -0.39 is 0 Å². The van der Waals surface area contributed by atoms with Crippen LogP contribution >= 0.6 is 22.6 Å². The Morgan fingerprint density at radius 3 is 2.39 bits per heavy atom. The summed E-state index contributed by atoms with van der Waals surface area (Å²) in [6.45, 7) is 10.1. The van der Waals surface area contributed by atoms with E-state index >= 15 is 0 Å². The number of allylic oxidation sites excluding steroid dienone is 7. The Kier molecular flexibility index (Phi) is 6.13. The number of hydrogen-bond donors (Lipinski definition) is 0. The topological polar surface area (TPSA) is 0 Å². The molecule has 0 aliphatic carbocycles. The van der Waals surface area contributed by atoms with Crippen LogP contribution in [0.5, 0.6) is 0 Å².